The van der Waals surface area contributed by atoms with Crippen molar-refractivity contribution in [1.29, 1.82) is 0 Å². The molecule has 0 radical (unpaired) electrons. The monoisotopic (exact) mass is 535 g/mol. The van der Waals surface area contributed by atoms with Gasteiger partial charge < -0.3 is 14.9 Å². The predicted molar refractivity (Wildman–Crippen MR) is 130 cm³/mol. The Kier molecular flexibility index (Phi) is 7.80. The largest absolute Gasteiger partial charge is 0.490 e. The lowest BCUT2D eigenvalue weighted by Crippen LogP contribution is -2.52. The summed E-state index contributed by atoms with van der Waals surface area (Å²) in [6, 6.07) is 6.19. The molecule has 1 saturated carbocycles. The second-order valence-corrected chi connectivity index (χ2v) is 10.5. The van der Waals surface area contributed by atoms with Gasteiger partial charge in [-0.25, -0.2) is 4.79 Å². The Labute approximate surface area is 218 Å². The number of piperidine rings is 1. The van der Waals surface area contributed by atoms with Crippen LogP contribution in [0.2, 0.25) is 0 Å². The normalized spacial score (nSPS) is 23.5. The van der Waals surface area contributed by atoms with E-state index in [9.17, 15) is 22.8 Å². The van der Waals surface area contributed by atoms with Crippen LogP contribution in [0.5, 0.6) is 0 Å². The number of carbonyl (C=O) groups excluding carboxylic acids is 2. The van der Waals surface area contributed by atoms with Gasteiger partial charge in [0.25, 0.3) is 0 Å². The van der Waals surface area contributed by atoms with Crippen LogP contribution in [-0.2, 0) is 20.9 Å². The molecule has 1 N–H and O–H groups in total. The molecule has 0 aromatic carbocycles. The van der Waals surface area contributed by atoms with E-state index in [1.807, 2.05) is 45.1 Å². The number of nitrogens with zero attached hydrogens (tertiary/aromatic N) is 5. The fraction of sp³-hybridized carbons (Fsp3) is 0.577. The highest BCUT2D eigenvalue weighted by atomic mass is 19.4. The molecule has 1 aliphatic carbocycles. The molecular formula is C26H32F3N5O4. The molecule has 5 rings (SSSR count). The molecule has 0 bridgehead atoms. The molecule has 2 aromatic rings. The van der Waals surface area contributed by atoms with E-state index in [0.29, 0.717) is 19.6 Å². The molecule has 2 aliphatic heterocycles. The minimum absolute atomic E-state index is 0.0238. The molecule has 2 saturated heterocycles. The van der Waals surface area contributed by atoms with Crippen LogP contribution in [0.4, 0.5) is 13.2 Å². The average molecular weight is 536 g/mol. The molecule has 9 nitrogen and oxygen atoms in total. The van der Waals surface area contributed by atoms with Crippen LogP contribution in [-0.4, -0.2) is 73.3 Å². The van der Waals surface area contributed by atoms with Crippen LogP contribution >= 0.6 is 0 Å². The van der Waals surface area contributed by atoms with E-state index < -0.39 is 17.6 Å². The summed E-state index contributed by atoms with van der Waals surface area (Å²) in [5.41, 5.74) is 1.55. The van der Waals surface area contributed by atoms with Gasteiger partial charge >= 0.3 is 12.1 Å². The van der Waals surface area contributed by atoms with Crippen LogP contribution in [0, 0.1) is 11.3 Å². The van der Waals surface area contributed by atoms with Crippen molar-refractivity contribution in [2.45, 2.75) is 64.2 Å². The lowest BCUT2D eigenvalue weighted by molar-refractivity contribution is -0.192. The molecule has 4 heterocycles. The molecule has 0 unspecified atom stereocenters. The van der Waals surface area contributed by atoms with Crippen LogP contribution in [0.1, 0.15) is 62.7 Å². The molecular weight excluding hydrogens is 503 g/mol. The van der Waals surface area contributed by atoms with Crippen LogP contribution in [0.15, 0.2) is 36.8 Å². The van der Waals surface area contributed by atoms with E-state index in [0.717, 1.165) is 43.5 Å². The maximum atomic E-state index is 14.0. The van der Waals surface area contributed by atoms with Crippen molar-refractivity contribution in [1.82, 2.24) is 24.6 Å². The minimum Gasteiger partial charge on any atom is -0.475 e. The van der Waals surface area contributed by atoms with Gasteiger partial charge in [-0.2, -0.15) is 18.3 Å². The number of carboxylic acids is 1. The standard InChI is InChI=1S/C24H31N5O2.C2HF3O2/c1-17(2)29-21(8-11-26-29)20-15-28(22(30)19-6-7-19)16-24(20)9-4-12-27(23(24)31)14-18-5-3-10-25-13-18;3-2(4,5)1(6)7/h3,5,8,10-11,13,17,19-20H,4,6-7,9,12,14-16H2,1-2H3;(H,6,7)/t20-,24+;/m0./s1. The summed E-state index contributed by atoms with van der Waals surface area (Å²) in [4.78, 5) is 44.1. The third kappa shape index (κ3) is 5.68. The second-order valence-electron chi connectivity index (χ2n) is 10.5. The Morgan fingerprint density at radius 1 is 1.21 bits per heavy atom. The number of amides is 2. The Balaban J connectivity index is 0.000000426. The summed E-state index contributed by atoms with van der Waals surface area (Å²) >= 11 is 0. The number of aromatic nitrogens is 3. The number of hydrogen-bond donors (Lipinski definition) is 1. The second kappa shape index (κ2) is 10.7. The third-order valence-corrected chi connectivity index (χ3v) is 7.43. The van der Waals surface area contributed by atoms with Crippen LogP contribution < -0.4 is 0 Å². The van der Waals surface area contributed by atoms with Crippen molar-refractivity contribution < 1.29 is 32.7 Å². The van der Waals surface area contributed by atoms with Crippen molar-refractivity contribution in [3.63, 3.8) is 0 Å². The van der Waals surface area contributed by atoms with E-state index in [1.54, 1.807) is 6.20 Å². The van der Waals surface area contributed by atoms with Gasteiger partial charge in [0.2, 0.25) is 11.8 Å². The zero-order valence-electron chi connectivity index (χ0n) is 21.4. The van der Waals surface area contributed by atoms with Crippen molar-refractivity contribution in [2.75, 3.05) is 19.6 Å². The zero-order valence-corrected chi connectivity index (χ0v) is 21.4. The third-order valence-electron chi connectivity index (χ3n) is 7.43. The first-order valence-corrected chi connectivity index (χ1v) is 12.7. The van der Waals surface area contributed by atoms with Crippen molar-refractivity contribution in [3.05, 3.63) is 48.0 Å². The summed E-state index contributed by atoms with van der Waals surface area (Å²) in [5, 5.41) is 11.7. The highest BCUT2D eigenvalue weighted by molar-refractivity contribution is 5.88. The average Bonchev–Trinajstić information content (AvgIpc) is 3.47. The fourth-order valence-electron chi connectivity index (χ4n) is 5.52. The lowest BCUT2D eigenvalue weighted by atomic mass is 9.70. The molecule has 2 atom stereocenters. The number of pyridine rings is 1. The summed E-state index contributed by atoms with van der Waals surface area (Å²) in [7, 11) is 0. The Bertz CT molecular complexity index is 1170. The number of carbonyl (C=O) groups is 3. The number of aliphatic carboxylic acids is 1. The van der Waals surface area contributed by atoms with Gasteiger partial charge in [-0.3, -0.25) is 19.3 Å². The first-order chi connectivity index (χ1) is 17.9. The maximum Gasteiger partial charge on any atom is 0.490 e. The number of alkyl halides is 3. The maximum absolute atomic E-state index is 14.0. The summed E-state index contributed by atoms with van der Waals surface area (Å²) < 4.78 is 33.8. The van der Waals surface area contributed by atoms with Gasteiger partial charge in [0.05, 0.1) is 5.41 Å². The van der Waals surface area contributed by atoms with E-state index in [4.69, 9.17) is 9.90 Å². The first-order valence-electron chi connectivity index (χ1n) is 12.7. The molecule has 12 heteroatoms. The van der Waals surface area contributed by atoms with Crippen LogP contribution in [0.3, 0.4) is 0 Å². The Morgan fingerprint density at radius 2 is 1.92 bits per heavy atom. The molecule has 2 amide bonds. The highest BCUT2D eigenvalue weighted by Crippen LogP contribution is 2.51. The van der Waals surface area contributed by atoms with Crippen molar-refractivity contribution in [3.8, 4) is 0 Å². The molecule has 38 heavy (non-hydrogen) atoms. The predicted octanol–water partition coefficient (Wildman–Crippen LogP) is 3.64. The quantitative estimate of drug-likeness (QED) is 0.626. The first kappa shape index (κ1) is 27.6. The Morgan fingerprint density at radius 3 is 2.50 bits per heavy atom. The van der Waals surface area contributed by atoms with Gasteiger partial charge in [0.15, 0.2) is 0 Å². The molecule has 3 aliphatic rings. The zero-order chi connectivity index (χ0) is 27.7. The topological polar surface area (TPSA) is 109 Å². The van der Waals surface area contributed by atoms with Crippen molar-refractivity contribution >= 4 is 17.8 Å². The summed E-state index contributed by atoms with van der Waals surface area (Å²) in [5.74, 6) is -2.21. The van der Waals surface area contributed by atoms with E-state index in [1.165, 1.54) is 0 Å². The van der Waals surface area contributed by atoms with Gasteiger partial charge in [-0.15, -0.1) is 0 Å². The minimum atomic E-state index is -5.08. The summed E-state index contributed by atoms with van der Waals surface area (Å²) in [6.45, 7) is 6.69. The summed E-state index contributed by atoms with van der Waals surface area (Å²) in [6.07, 6.45) is 4.06. The van der Waals surface area contributed by atoms with Gasteiger partial charge in [-0.1, -0.05) is 6.07 Å². The van der Waals surface area contributed by atoms with E-state index in [-0.39, 0.29) is 29.7 Å². The van der Waals surface area contributed by atoms with Crippen molar-refractivity contribution in [2.24, 2.45) is 11.3 Å². The molecule has 206 valence electrons. The molecule has 1 spiro atoms. The number of hydrogen-bond acceptors (Lipinski definition) is 5. The molecule has 3 fully saturated rings. The van der Waals surface area contributed by atoms with E-state index >= 15 is 0 Å². The SMILES string of the molecule is CC(C)n1nccc1[C@@H]1CN(C(=O)C2CC2)C[C@]12CCCN(Cc1cccnc1)C2=O.O=C(O)C(F)(F)F. The number of rotatable bonds is 5. The van der Waals surface area contributed by atoms with Gasteiger partial charge in [-0.05, 0) is 57.2 Å². The van der Waals surface area contributed by atoms with E-state index in [2.05, 4.69) is 23.9 Å². The fourth-order valence-corrected chi connectivity index (χ4v) is 5.52. The lowest BCUT2D eigenvalue weighted by Gasteiger charge is -2.42. The van der Waals surface area contributed by atoms with Gasteiger partial charge in [0.1, 0.15) is 0 Å². The number of carboxylic acid groups (broad SMARTS) is 1. The molecule has 2 aromatic heterocycles. The number of halogens is 3. The highest BCUT2D eigenvalue weighted by Gasteiger charge is 2.57. The van der Waals surface area contributed by atoms with Crippen LogP contribution in [0.25, 0.3) is 0 Å². The Hall–Kier alpha value is -3.44. The smallest absolute Gasteiger partial charge is 0.475 e. The number of likely N-dealkylation sites (tertiary alicyclic amines) is 2. The van der Waals surface area contributed by atoms with Gasteiger partial charge in [0, 0.05) is 68.3 Å².